The molecule has 1 N–H and O–H groups in total. The SMILES string of the molecule is CC1=C(C(=O)Nc2ncccc2C)[C@@H](c2ccc(F)cc2)[C@H]2C(=O)CC(C)(C)CC2=N1. The number of aromatic nitrogens is 1. The summed E-state index contributed by atoms with van der Waals surface area (Å²) in [5.41, 5.74) is 3.21. The Labute approximate surface area is 181 Å². The van der Waals surface area contributed by atoms with Crippen LogP contribution in [0.4, 0.5) is 10.2 Å². The summed E-state index contributed by atoms with van der Waals surface area (Å²) in [7, 11) is 0. The Morgan fingerprint density at radius 1 is 1.10 bits per heavy atom. The van der Waals surface area contributed by atoms with Crippen LogP contribution in [0.1, 0.15) is 50.7 Å². The fourth-order valence-electron chi connectivity index (χ4n) is 4.71. The van der Waals surface area contributed by atoms with Crippen LogP contribution in [0.3, 0.4) is 0 Å². The van der Waals surface area contributed by atoms with Crippen molar-refractivity contribution < 1.29 is 14.0 Å². The lowest BCUT2D eigenvalue weighted by molar-refractivity contribution is -0.124. The normalized spacial score (nSPS) is 22.6. The number of benzene rings is 1. The summed E-state index contributed by atoms with van der Waals surface area (Å²) < 4.78 is 13.6. The number of anilines is 1. The summed E-state index contributed by atoms with van der Waals surface area (Å²) in [6, 6.07) is 9.71. The summed E-state index contributed by atoms with van der Waals surface area (Å²) in [4.78, 5) is 35.7. The third-order valence-corrected chi connectivity index (χ3v) is 6.08. The standard InChI is InChI=1S/C25H26FN3O2/c1-14-6-5-11-27-23(14)29-24(31)20-15(2)28-18-12-25(3,4)13-19(30)22(18)21(20)16-7-9-17(26)10-8-16/h5-11,21-22H,12-13H2,1-4H3,(H,27,29,31)/t21-,22-/m1/s1. The van der Waals surface area contributed by atoms with E-state index in [-0.39, 0.29) is 22.9 Å². The van der Waals surface area contributed by atoms with Crippen molar-refractivity contribution in [2.75, 3.05) is 5.32 Å². The molecule has 0 radical (unpaired) electrons. The number of hydrogen-bond acceptors (Lipinski definition) is 4. The Kier molecular flexibility index (Phi) is 5.33. The first-order chi connectivity index (χ1) is 14.7. The van der Waals surface area contributed by atoms with Gasteiger partial charge in [-0.2, -0.15) is 0 Å². The van der Waals surface area contributed by atoms with Gasteiger partial charge < -0.3 is 5.32 Å². The zero-order chi connectivity index (χ0) is 22.3. The molecular weight excluding hydrogens is 393 g/mol. The van der Waals surface area contributed by atoms with Crippen molar-refractivity contribution in [1.29, 1.82) is 0 Å². The highest BCUT2D eigenvalue weighted by Crippen LogP contribution is 2.46. The maximum atomic E-state index is 13.6. The minimum Gasteiger partial charge on any atom is -0.307 e. The van der Waals surface area contributed by atoms with Gasteiger partial charge in [0.05, 0.1) is 5.92 Å². The number of nitrogens with one attached hydrogen (secondary N) is 1. The molecular formula is C25H26FN3O2. The van der Waals surface area contributed by atoms with Gasteiger partial charge in [0.15, 0.2) is 0 Å². The van der Waals surface area contributed by atoms with Gasteiger partial charge in [-0.1, -0.05) is 32.0 Å². The largest absolute Gasteiger partial charge is 0.307 e. The summed E-state index contributed by atoms with van der Waals surface area (Å²) in [5, 5.41) is 2.89. The second-order valence-electron chi connectivity index (χ2n) is 9.22. The Morgan fingerprint density at radius 3 is 2.48 bits per heavy atom. The predicted octanol–water partition coefficient (Wildman–Crippen LogP) is 4.99. The quantitative estimate of drug-likeness (QED) is 0.762. The van der Waals surface area contributed by atoms with Gasteiger partial charge in [0, 0.05) is 35.5 Å². The molecule has 1 amide bonds. The van der Waals surface area contributed by atoms with Crippen LogP contribution in [0.2, 0.25) is 0 Å². The van der Waals surface area contributed by atoms with E-state index in [1.54, 1.807) is 31.3 Å². The van der Waals surface area contributed by atoms with Gasteiger partial charge >= 0.3 is 0 Å². The molecule has 0 saturated heterocycles. The minimum atomic E-state index is -0.521. The van der Waals surface area contributed by atoms with Gasteiger partial charge in [0.2, 0.25) is 0 Å². The molecule has 1 fully saturated rings. The smallest absolute Gasteiger partial charge is 0.255 e. The third-order valence-electron chi connectivity index (χ3n) is 6.08. The Hall–Kier alpha value is -3.15. The van der Waals surface area contributed by atoms with E-state index in [1.807, 2.05) is 13.0 Å². The van der Waals surface area contributed by atoms with Crippen molar-refractivity contribution in [2.45, 2.75) is 46.5 Å². The molecule has 4 rings (SSSR count). The van der Waals surface area contributed by atoms with Crippen molar-refractivity contribution >= 4 is 23.2 Å². The number of carbonyl (C=O) groups excluding carboxylic acids is 2. The maximum absolute atomic E-state index is 13.6. The second kappa shape index (κ2) is 7.84. The lowest BCUT2D eigenvalue weighted by atomic mass is 9.63. The lowest BCUT2D eigenvalue weighted by Gasteiger charge is -2.41. The van der Waals surface area contributed by atoms with Gasteiger partial charge in [0.1, 0.15) is 17.4 Å². The first-order valence-electron chi connectivity index (χ1n) is 10.5. The predicted molar refractivity (Wildman–Crippen MR) is 118 cm³/mol. The number of rotatable bonds is 3. The van der Waals surface area contributed by atoms with Crippen molar-refractivity contribution in [1.82, 2.24) is 4.98 Å². The number of carbonyl (C=O) groups is 2. The molecule has 1 aliphatic carbocycles. The number of allylic oxidation sites excluding steroid dienone is 1. The molecule has 0 unspecified atom stereocenters. The van der Waals surface area contributed by atoms with Gasteiger partial charge in [-0.3, -0.25) is 14.6 Å². The molecule has 0 bridgehead atoms. The number of amides is 1. The monoisotopic (exact) mass is 419 g/mol. The van der Waals surface area contributed by atoms with E-state index in [9.17, 15) is 14.0 Å². The molecule has 2 heterocycles. The molecule has 6 heteroatoms. The zero-order valence-electron chi connectivity index (χ0n) is 18.2. The van der Waals surface area contributed by atoms with Crippen molar-refractivity contribution in [3.63, 3.8) is 0 Å². The first-order valence-corrected chi connectivity index (χ1v) is 10.5. The van der Waals surface area contributed by atoms with Crippen LogP contribution < -0.4 is 5.32 Å². The van der Waals surface area contributed by atoms with E-state index in [1.165, 1.54) is 12.1 Å². The molecule has 1 aliphatic heterocycles. The average Bonchev–Trinajstić information content (AvgIpc) is 2.68. The number of hydrogen-bond donors (Lipinski definition) is 1. The van der Waals surface area contributed by atoms with Crippen molar-refractivity contribution in [3.05, 3.63) is 70.8 Å². The lowest BCUT2D eigenvalue weighted by Crippen LogP contribution is -2.44. The molecule has 2 aliphatic rings. The van der Waals surface area contributed by atoms with Crippen LogP contribution in [0.25, 0.3) is 0 Å². The number of nitrogens with zero attached hydrogens (tertiary/aromatic N) is 2. The van der Waals surface area contributed by atoms with E-state index >= 15 is 0 Å². The molecule has 2 aromatic rings. The van der Waals surface area contributed by atoms with E-state index in [2.05, 4.69) is 24.1 Å². The van der Waals surface area contributed by atoms with E-state index in [0.29, 0.717) is 29.9 Å². The van der Waals surface area contributed by atoms with Crippen LogP contribution in [0.15, 0.2) is 58.9 Å². The highest BCUT2D eigenvalue weighted by Gasteiger charge is 2.47. The number of fused-ring (bicyclic) bond motifs is 1. The molecule has 1 saturated carbocycles. The minimum absolute atomic E-state index is 0.0659. The highest BCUT2D eigenvalue weighted by atomic mass is 19.1. The Morgan fingerprint density at radius 2 is 1.81 bits per heavy atom. The van der Waals surface area contributed by atoms with Gasteiger partial charge in [0.25, 0.3) is 5.91 Å². The first kappa shape index (κ1) is 21.1. The zero-order valence-corrected chi connectivity index (χ0v) is 18.2. The topological polar surface area (TPSA) is 71.4 Å². The van der Waals surface area contributed by atoms with Crippen LogP contribution in [0.5, 0.6) is 0 Å². The number of halogens is 1. The number of aliphatic imine (C=N–C) groups is 1. The fraction of sp³-hybridized carbons (Fsp3) is 0.360. The molecule has 1 aromatic carbocycles. The maximum Gasteiger partial charge on any atom is 0.255 e. The van der Waals surface area contributed by atoms with Crippen LogP contribution in [-0.2, 0) is 9.59 Å². The molecule has 5 nitrogen and oxygen atoms in total. The van der Waals surface area contributed by atoms with E-state index < -0.39 is 11.8 Å². The number of pyridine rings is 1. The van der Waals surface area contributed by atoms with E-state index in [0.717, 1.165) is 16.8 Å². The van der Waals surface area contributed by atoms with Crippen LogP contribution in [0, 0.1) is 24.1 Å². The number of aryl methyl sites for hydroxylation is 1. The van der Waals surface area contributed by atoms with Gasteiger partial charge in [-0.05, 0) is 55.0 Å². The van der Waals surface area contributed by atoms with Crippen molar-refractivity contribution in [2.24, 2.45) is 16.3 Å². The van der Waals surface area contributed by atoms with Crippen LogP contribution >= 0.6 is 0 Å². The fourth-order valence-corrected chi connectivity index (χ4v) is 4.71. The van der Waals surface area contributed by atoms with Gasteiger partial charge in [-0.15, -0.1) is 0 Å². The van der Waals surface area contributed by atoms with Gasteiger partial charge in [-0.25, -0.2) is 9.37 Å². The number of Topliss-reactive ketones (excluding diaryl/α,β-unsaturated/α-hetero) is 1. The molecule has 2 atom stereocenters. The summed E-state index contributed by atoms with van der Waals surface area (Å²) >= 11 is 0. The molecule has 0 spiro atoms. The van der Waals surface area contributed by atoms with Crippen LogP contribution in [-0.4, -0.2) is 22.4 Å². The number of ketones is 1. The van der Waals surface area contributed by atoms with Crippen molar-refractivity contribution in [3.8, 4) is 0 Å². The third kappa shape index (κ3) is 4.07. The average molecular weight is 420 g/mol. The molecule has 1 aromatic heterocycles. The summed E-state index contributed by atoms with van der Waals surface area (Å²) in [6.45, 7) is 7.78. The second-order valence-corrected chi connectivity index (χ2v) is 9.22. The molecule has 160 valence electrons. The summed E-state index contributed by atoms with van der Waals surface area (Å²) in [6.07, 6.45) is 2.72. The molecule has 31 heavy (non-hydrogen) atoms. The Bertz CT molecular complexity index is 1120. The summed E-state index contributed by atoms with van der Waals surface area (Å²) in [5.74, 6) is -1.20. The highest BCUT2D eigenvalue weighted by molar-refractivity contribution is 6.14. The van der Waals surface area contributed by atoms with E-state index in [4.69, 9.17) is 4.99 Å². The Balaban J connectivity index is 1.82.